The van der Waals surface area contributed by atoms with Gasteiger partial charge in [0.15, 0.2) is 23.3 Å². The third-order valence-electron chi connectivity index (χ3n) is 7.75. The van der Waals surface area contributed by atoms with Crippen molar-refractivity contribution in [1.82, 2.24) is 24.4 Å². The van der Waals surface area contributed by atoms with E-state index in [0.717, 1.165) is 6.42 Å². The number of fused-ring (bicyclic) bond motifs is 1. The number of hydrogen-bond donors (Lipinski definition) is 5. The number of anilines is 2. The average molecular weight is 630 g/mol. The maximum absolute atomic E-state index is 12.5. The van der Waals surface area contributed by atoms with E-state index >= 15 is 0 Å². The lowest BCUT2D eigenvalue weighted by Crippen LogP contribution is -2.55. The number of halogens is 1. The zero-order valence-electron chi connectivity index (χ0n) is 23.2. The molecule has 0 spiro atoms. The summed E-state index contributed by atoms with van der Waals surface area (Å²) in [5.41, 5.74) is 1.52. The molecule has 0 bridgehead atoms. The van der Waals surface area contributed by atoms with Crippen LogP contribution < -0.4 is 10.6 Å². The van der Waals surface area contributed by atoms with Gasteiger partial charge in [-0.1, -0.05) is 18.1 Å². The Bertz CT molecular complexity index is 1650. The second-order valence-electron chi connectivity index (χ2n) is 10.4. The third-order valence-corrected chi connectivity index (χ3v) is 7.92. The molecule has 4 atom stereocenters. The molecule has 2 aromatic heterocycles. The number of rotatable bonds is 9. The number of nitrogen functional groups attached to an aromatic ring is 1. The molecule has 16 nitrogen and oxygen atoms in total. The first-order valence-corrected chi connectivity index (χ1v) is 13.6. The smallest absolute Gasteiger partial charge is 0.348 e. The van der Waals surface area contributed by atoms with Gasteiger partial charge in [0, 0.05) is 32.2 Å². The molecule has 1 aromatic carbocycles. The minimum absolute atomic E-state index is 0.0410. The summed E-state index contributed by atoms with van der Waals surface area (Å²) < 4.78 is 12.5. The van der Waals surface area contributed by atoms with E-state index in [1.54, 1.807) is 29.0 Å². The van der Waals surface area contributed by atoms with Crippen LogP contribution in [-0.4, -0.2) is 113 Å². The van der Waals surface area contributed by atoms with Crippen molar-refractivity contribution in [3.05, 3.63) is 41.4 Å². The molecule has 5 rings (SSSR count). The summed E-state index contributed by atoms with van der Waals surface area (Å²) in [5, 5.41) is 42.1. The molecule has 0 saturated carbocycles. The third kappa shape index (κ3) is 5.14. The quantitative estimate of drug-likeness (QED) is 0.120. The van der Waals surface area contributed by atoms with E-state index < -0.39 is 54.6 Å². The predicted octanol–water partition coefficient (Wildman–Crippen LogP) is 0.114. The van der Waals surface area contributed by atoms with Gasteiger partial charge >= 0.3 is 18.0 Å². The van der Waals surface area contributed by atoms with Crippen molar-refractivity contribution < 1.29 is 44.3 Å². The van der Waals surface area contributed by atoms with Crippen LogP contribution in [0, 0.1) is 12.3 Å². The number of carbonyl (C=O) groups is 3. The number of nitrogens with two attached hydrogens (primary N) is 1. The van der Waals surface area contributed by atoms with Crippen LogP contribution in [0.1, 0.15) is 18.2 Å². The van der Waals surface area contributed by atoms with E-state index in [-0.39, 0.29) is 33.9 Å². The molecule has 2 aliphatic rings. The molecule has 2 aliphatic heterocycles. The summed E-state index contributed by atoms with van der Waals surface area (Å²) in [6.45, 7) is 0.260. The number of aromatic nitrogens is 4. The van der Waals surface area contributed by atoms with Gasteiger partial charge in [-0.05, 0) is 35.7 Å². The van der Waals surface area contributed by atoms with Gasteiger partial charge in [-0.25, -0.2) is 19.4 Å². The Morgan fingerprint density at radius 1 is 1.25 bits per heavy atom. The zero-order chi connectivity index (χ0) is 32.0. The Labute approximate surface area is 254 Å². The predicted molar refractivity (Wildman–Crippen MR) is 153 cm³/mol. The number of nitrogens with zero attached hydrogens (tertiary/aromatic N) is 6. The Morgan fingerprint density at radius 3 is 2.57 bits per heavy atom. The van der Waals surface area contributed by atoms with Gasteiger partial charge in [0.25, 0.3) is 5.60 Å². The minimum Gasteiger partial charge on any atom is -0.479 e. The lowest BCUT2D eigenvalue weighted by molar-refractivity contribution is -0.191. The molecule has 232 valence electrons. The molecule has 2 saturated heterocycles. The van der Waals surface area contributed by atoms with E-state index in [9.17, 15) is 34.8 Å². The zero-order valence-corrected chi connectivity index (χ0v) is 24.0. The maximum atomic E-state index is 12.5. The monoisotopic (exact) mass is 629 g/mol. The van der Waals surface area contributed by atoms with Crippen LogP contribution in [0.25, 0.3) is 11.2 Å². The van der Waals surface area contributed by atoms with Crippen molar-refractivity contribution >= 4 is 52.2 Å². The van der Waals surface area contributed by atoms with Gasteiger partial charge in [-0.3, -0.25) is 9.47 Å². The summed E-state index contributed by atoms with van der Waals surface area (Å²) in [4.78, 5) is 52.4. The summed E-state index contributed by atoms with van der Waals surface area (Å²) in [6, 6.07) is 5.95. The molecule has 0 radical (unpaired) electrons. The number of benzene rings is 1. The number of aliphatic hydroxyl groups is 2. The highest BCUT2D eigenvalue weighted by atomic mass is 35.5. The fourth-order valence-corrected chi connectivity index (χ4v) is 5.40. The van der Waals surface area contributed by atoms with Gasteiger partial charge in [-0.15, -0.1) is 6.42 Å². The average Bonchev–Trinajstić information content (AvgIpc) is 3.51. The summed E-state index contributed by atoms with van der Waals surface area (Å²) in [5.74, 6) is -1.68. The van der Waals surface area contributed by atoms with Crippen molar-refractivity contribution in [3.8, 4) is 12.3 Å². The Balaban J connectivity index is 1.39. The number of carbonyl (C=O) groups excluding carboxylic acids is 1. The fourth-order valence-electron chi connectivity index (χ4n) is 5.23. The normalized spacial score (nSPS) is 24.1. The number of aliphatic hydroxyl groups excluding tert-OH is 1. The molecule has 2 fully saturated rings. The topological polar surface area (TPSA) is 227 Å². The summed E-state index contributed by atoms with van der Waals surface area (Å²) >= 11 is 5.92. The number of imidazole rings is 1. The molecular weight excluding hydrogens is 602 g/mol. The Hall–Kier alpha value is -4.53. The number of carboxylic acid groups (broad SMARTS) is 2. The molecule has 0 aliphatic carbocycles. The lowest BCUT2D eigenvalue weighted by Gasteiger charge is -2.33. The number of hydrogen-bond acceptors (Lipinski definition) is 11. The van der Waals surface area contributed by atoms with E-state index in [4.69, 9.17) is 33.2 Å². The second kappa shape index (κ2) is 11.5. The van der Waals surface area contributed by atoms with E-state index in [1.165, 1.54) is 23.0 Å². The number of carboxylic acids is 2. The molecular formula is C27H28ClN7O9. The number of terminal acetylenes is 1. The fraction of sp³-hybridized carbons (Fsp3) is 0.407. The van der Waals surface area contributed by atoms with E-state index in [2.05, 4.69) is 15.0 Å². The van der Waals surface area contributed by atoms with Crippen LogP contribution in [0.15, 0.2) is 30.6 Å². The molecule has 3 aromatic rings. The molecule has 2 amide bonds. The first-order valence-electron chi connectivity index (χ1n) is 13.2. The van der Waals surface area contributed by atoms with Gasteiger partial charge in [0.2, 0.25) is 5.28 Å². The van der Waals surface area contributed by atoms with Gasteiger partial charge in [0.1, 0.15) is 17.7 Å². The highest BCUT2D eigenvalue weighted by molar-refractivity contribution is 6.28. The van der Waals surface area contributed by atoms with Crippen LogP contribution in [0.4, 0.5) is 16.3 Å². The van der Waals surface area contributed by atoms with Crippen molar-refractivity contribution in [2.75, 3.05) is 37.4 Å². The molecule has 4 heterocycles. The maximum Gasteiger partial charge on any atom is 0.348 e. The van der Waals surface area contributed by atoms with Crippen molar-refractivity contribution in [2.24, 2.45) is 0 Å². The Kier molecular flexibility index (Phi) is 8.09. The molecule has 17 heteroatoms. The van der Waals surface area contributed by atoms with Crippen LogP contribution in [-0.2, 0) is 25.5 Å². The van der Waals surface area contributed by atoms with Gasteiger partial charge in [0.05, 0.1) is 12.9 Å². The summed E-state index contributed by atoms with van der Waals surface area (Å²) in [6.07, 6.45) is 1.98. The number of ether oxygens (including phenoxy) is 2. The first kappa shape index (κ1) is 30.9. The van der Waals surface area contributed by atoms with E-state index in [1.807, 2.05) is 5.92 Å². The van der Waals surface area contributed by atoms with Crippen molar-refractivity contribution in [1.29, 1.82) is 0 Å². The van der Waals surface area contributed by atoms with Crippen molar-refractivity contribution in [3.63, 3.8) is 0 Å². The van der Waals surface area contributed by atoms with Crippen molar-refractivity contribution in [2.45, 2.75) is 42.5 Å². The first-order chi connectivity index (χ1) is 20.8. The number of aliphatic carboxylic acids is 2. The van der Waals surface area contributed by atoms with Crippen LogP contribution >= 0.6 is 11.6 Å². The minimum atomic E-state index is -2.85. The number of amides is 2. The standard InChI is InChI=1S/C27H28ClN7O9/c1-3-26(42)16(44-21(18(26)36)35-13-30-17-19(29)31-24(28)32-20(17)35)12-43-27(22(37)38,23(39)40)11-14-5-7-15(8-6-14)34-10-4-9-33(2)25(34)41/h1,5-8,13,16,18,21,36,42H,4,9-12H2,2H3,(H,37,38)(H,39,40)(H2,29,31,32)/t16-,18+,21-,26-/m1/s1. The van der Waals surface area contributed by atoms with Gasteiger partial charge < -0.3 is 40.5 Å². The van der Waals surface area contributed by atoms with Crippen LogP contribution in [0.3, 0.4) is 0 Å². The molecule has 6 N–H and O–H groups in total. The SMILES string of the molecule is C#C[C@@]1(O)[C@@H](COC(Cc2ccc(N3CCCN(C)C3=O)cc2)(C(=O)O)C(=O)O)O[C@@H](n2cnc3c(N)nc(Cl)nc32)[C@@H]1O. The highest BCUT2D eigenvalue weighted by Crippen LogP contribution is 2.39. The lowest BCUT2D eigenvalue weighted by atomic mass is 9.91. The van der Waals surface area contributed by atoms with Crippen LogP contribution in [0.5, 0.6) is 0 Å². The summed E-state index contributed by atoms with van der Waals surface area (Å²) in [7, 11) is 1.68. The second-order valence-corrected chi connectivity index (χ2v) is 10.8. The largest absolute Gasteiger partial charge is 0.479 e. The Morgan fingerprint density at radius 2 is 1.93 bits per heavy atom. The number of urea groups is 1. The van der Waals surface area contributed by atoms with Gasteiger partial charge in [-0.2, -0.15) is 9.97 Å². The van der Waals surface area contributed by atoms with Crippen LogP contribution in [0.2, 0.25) is 5.28 Å². The molecule has 44 heavy (non-hydrogen) atoms. The molecule has 0 unspecified atom stereocenters. The highest BCUT2D eigenvalue weighted by Gasteiger charge is 2.58. The van der Waals surface area contributed by atoms with E-state index in [0.29, 0.717) is 18.8 Å².